The van der Waals surface area contributed by atoms with E-state index in [9.17, 15) is 4.79 Å². The molecule has 3 nitrogen and oxygen atoms in total. The molecular weight excluding hydrogens is 214 g/mol. The summed E-state index contributed by atoms with van der Waals surface area (Å²) in [6, 6.07) is 5.02. The Bertz CT molecular complexity index is 432. The molecule has 0 aliphatic heterocycles. The largest absolute Gasteiger partial charge is 0.468 e. The van der Waals surface area contributed by atoms with Gasteiger partial charge in [0.25, 0.3) is 0 Å². The first-order valence-corrected chi connectivity index (χ1v) is 4.62. The number of anilines is 1. The van der Waals surface area contributed by atoms with Crippen molar-refractivity contribution in [3.8, 4) is 11.8 Å². The van der Waals surface area contributed by atoms with Crippen molar-refractivity contribution in [2.75, 3.05) is 12.8 Å². The van der Waals surface area contributed by atoms with Gasteiger partial charge in [-0.2, -0.15) is 0 Å². The molecule has 0 unspecified atom stereocenters. The summed E-state index contributed by atoms with van der Waals surface area (Å²) in [5, 5.41) is 0.561. The van der Waals surface area contributed by atoms with Gasteiger partial charge in [-0.3, -0.25) is 4.79 Å². The molecule has 0 aliphatic carbocycles. The summed E-state index contributed by atoms with van der Waals surface area (Å²) >= 11 is 5.72. The normalized spacial score (nSPS) is 8.93. The SMILES string of the molecule is COC(=O)CC#Cc1ccc(Cl)cc1N. The fourth-order valence-electron chi connectivity index (χ4n) is 0.931. The molecule has 0 spiro atoms. The predicted octanol–water partition coefficient (Wildman–Crippen LogP) is 1.84. The molecule has 0 amide bonds. The molecule has 2 N–H and O–H groups in total. The van der Waals surface area contributed by atoms with Crippen molar-refractivity contribution in [3.05, 3.63) is 28.8 Å². The smallest absolute Gasteiger partial charge is 0.317 e. The van der Waals surface area contributed by atoms with E-state index in [4.69, 9.17) is 17.3 Å². The maximum atomic E-state index is 10.8. The third-order valence-electron chi connectivity index (χ3n) is 1.70. The first-order chi connectivity index (χ1) is 7.13. The number of esters is 1. The molecule has 0 bridgehead atoms. The van der Waals surface area contributed by atoms with Gasteiger partial charge < -0.3 is 10.5 Å². The molecule has 4 heteroatoms. The molecule has 15 heavy (non-hydrogen) atoms. The molecule has 78 valence electrons. The number of hydrogen-bond donors (Lipinski definition) is 1. The quantitative estimate of drug-likeness (QED) is 0.449. The van der Waals surface area contributed by atoms with E-state index in [1.165, 1.54) is 7.11 Å². The van der Waals surface area contributed by atoms with Crippen LogP contribution in [0.1, 0.15) is 12.0 Å². The minimum absolute atomic E-state index is 0.0541. The lowest BCUT2D eigenvalue weighted by Gasteiger charge is -1.97. The number of benzene rings is 1. The Labute approximate surface area is 93.2 Å². The van der Waals surface area contributed by atoms with Crippen LogP contribution in [0.5, 0.6) is 0 Å². The fourth-order valence-corrected chi connectivity index (χ4v) is 1.11. The lowest BCUT2D eigenvalue weighted by molar-refractivity contribution is -0.139. The lowest BCUT2D eigenvalue weighted by Crippen LogP contribution is -1.97. The van der Waals surface area contributed by atoms with Gasteiger partial charge in [0.2, 0.25) is 0 Å². The summed E-state index contributed by atoms with van der Waals surface area (Å²) in [7, 11) is 1.32. The topological polar surface area (TPSA) is 52.3 Å². The zero-order valence-electron chi connectivity index (χ0n) is 8.21. The number of nitrogen functional groups attached to an aromatic ring is 1. The second kappa shape index (κ2) is 5.28. The second-order valence-corrected chi connectivity index (χ2v) is 3.22. The number of nitrogens with two attached hydrogens (primary N) is 1. The van der Waals surface area contributed by atoms with Crippen LogP contribution in [0.15, 0.2) is 18.2 Å². The van der Waals surface area contributed by atoms with Crippen LogP contribution in [-0.2, 0) is 9.53 Å². The average molecular weight is 224 g/mol. The van der Waals surface area contributed by atoms with E-state index >= 15 is 0 Å². The fraction of sp³-hybridized carbons (Fsp3) is 0.182. The van der Waals surface area contributed by atoms with Crippen LogP contribution < -0.4 is 5.73 Å². The standard InChI is InChI=1S/C11H10ClNO2/c1-15-11(14)4-2-3-8-5-6-9(12)7-10(8)13/h5-7H,4,13H2,1H3. The van der Waals surface area contributed by atoms with Gasteiger partial charge in [-0.1, -0.05) is 23.4 Å². The molecular formula is C11H10ClNO2. The maximum absolute atomic E-state index is 10.8. The molecule has 0 fully saturated rings. The van der Waals surface area contributed by atoms with Crippen LogP contribution in [0.3, 0.4) is 0 Å². The molecule has 0 aromatic heterocycles. The summed E-state index contributed by atoms with van der Waals surface area (Å²) in [5.41, 5.74) is 6.82. The Kier molecular flexibility index (Phi) is 4.02. The molecule has 0 heterocycles. The van der Waals surface area contributed by atoms with Crippen molar-refractivity contribution in [3.63, 3.8) is 0 Å². The van der Waals surface area contributed by atoms with E-state index in [0.717, 1.165) is 0 Å². The van der Waals surface area contributed by atoms with Gasteiger partial charge in [-0.25, -0.2) is 0 Å². The highest BCUT2D eigenvalue weighted by atomic mass is 35.5. The Hall–Kier alpha value is -1.66. The molecule has 0 aliphatic rings. The van der Waals surface area contributed by atoms with E-state index in [2.05, 4.69) is 16.6 Å². The zero-order valence-corrected chi connectivity index (χ0v) is 8.97. The highest BCUT2D eigenvalue weighted by molar-refractivity contribution is 6.30. The lowest BCUT2D eigenvalue weighted by atomic mass is 10.2. The summed E-state index contributed by atoms with van der Waals surface area (Å²) in [4.78, 5) is 10.8. The van der Waals surface area contributed by atoms with Gasteiger partial charge in [0.05, 0.1) is 7.11 Å². The van der Waals surface area contributed by atoms with Crippen molar-refractivity contribution < 1.29 is 9.53 Å². The maximum Gasteiger partial charge on any atom is 0.317 e. The number of carbonyl (C=O) groups is 1. The number of carbonyl (C=O) groups excluding carboxylic acids is 1. The van der Waals surface area contributed by atoms with E-state index < -0.39 is 0 Å². The van der Waals surface area contributed by atoms with Crippen LogP contribution in [0.2, 0.25) is 5.02 Å². The molecule has 1 rings (SSSR count). The van der Waals surface area contributed by atoms with Gasteiger partial charge >= 0.3 is 5.97 Å². The van der Waals surface area contributed by atoms with Gasteiger partial charge in [0.1, 0.15) is 6.42 Å². The number of rotatable bonds is 1. The molecule has 1 aromatic carbocycles. The van der Waals surface area contributed by atoms with E-state index in [-0.39, 0.29) is 12.4 Å². The van der Waals surface area contributed by atoms with Crippen LogP contribution >= 0.6 is 11.6 Å². The average Bonchev–Trinajstić information content (AvgIpc) is 2.21. The van der Waals surface area contributed by atoms with Crippen LogP contribution in [0, 0.1) is 11.8 Å². The van der Waals surface area contributed by atoms with E-state index in [1.54, 1.807) is 18.2 Å². The minimum Gasteiger partial charge on any atom is -0.468 e. The molecule has 1 aromatic rings. The Morgan fingerprint density at radius 3 is 2.93 bits per heavy atom. The molecule has 0 radical (unpaired) electrons. The van der Waals surface area contributed by atoms with Crippen LogP contribution in [0.4, 0.5) is 5.69 Å². The van der Waals surface area contributed by atoms with Gasteiger partial charge in [0, 0.05) is 16.3 Å². The van der Waals surface area contributed by atoms with Crippen molar-refractivity contribution in [2.24, 2.45) is 0 Å². The van der Waals surface area contributed by atoms with Gasteiger partial charge in [-0.15, -0.1) is 0 Å². The molecule has 0 saturated heterocycles. The Morgan fingerprint density at radius 2 is 2.33 bits per heavy atom. The first kappa shape index (κ1) is 11.4. The summed E-state index contributed by atoms with van der Waals surface area (Å²) < 4.78 is 4.44. The van der Waals surface area contributed by atoms with Gasteiger partial charge in [0.15, 0.2) is 0 Å². The first-order valence-electron chi connectivity index (χ1n) is 4.24. The molecule has 0 atom stereocenters. The number of hydrogen-bond acceptors (Lipinski definition) is 3. The number of methoxy groups -OCH3 is 1. The summed E-state index contributed by atoms with van der Waals surface area (Å²) in [6.45, 7) is 0. The van der Waals surface area contributed by atoms with Crippen LogP contribution in [-0.4, -0.2) is 13.1 Å². The predicted molar refractivity (Wildman–Crippen MR) is 59.4 cm³/mol. The Balaban J connectivity index is 2.76. The zero-order chi connectivity index (χ0) is 11.3. The number of halogens is 1. The van der Waals surface area contributed by atoms with Crippen LogP contribution in [0.25, 0.3) is 0 Å². The van der Waals surface area contributed by atoms with Crippen molar-refractivity contribution >= 4 is 23.3 Å². The second-order valence-electron chi connectivity index (χ2n) is 2.79. The third-order valence-corrected chi connectivity index (χ3v) is 1.93. The van der Waals surface area contributed by atoms with E-state index in [0.29, 0.717) is 16.3 Å². The highest BCUT2D eigenvalue weighted by Gasteiger charge is 1.97. The minimum atomic E-state index is -0.366. The van der Waals surface area contributed by atoms with Crippen molar-refractivity contribution in [1.29, 1.82) is 0 Å². The monoisotopic (exact) mass is 223 g/mol. The van der Waals surface area contributed by atoms with Gasteiger partial charge in [-0.05, 0) is 18.2 Å². The third kappa shape index (κ3) is 3.53. The number of ether oxygens (including phenoxy) is 1. The van der Waals surface area contributed by atoms with Crippen molar-refractivity contribution in [2.45, 2.75) is 6.42 Å². The van der Waals surface area contributed by atoms with Crippen molar-refractivity contribution in [1.82, 2.24) is 0 Å². The summed E-state index contributed by atoms with van der Waals surface area (Å²) in [5.74, 6) is 5.07. The van der Waals surface area contributed by atoms with E-state index in [1.807, 2.05) is 0 Å². The highest BCUT2D eigenvalue weighted by Crippen LogP contribution is 2.16. The Morgan fingerprint density at radius 1 is 1.60 bits per heavy atom. The summed E-state index contributed by atoms with van der Waals surface area (Å²) in [6.07, 6.45) is 0.0541. The molecule has 0 saturated carbocycles.